The van der Waals surface area contributed by atoms with E-state index in [2.05, 4.69) is 4.90 Å². The fourth-order valence-electron chi connectivity index (χ4n) is 2.38. The summed E-state index contributed by atoms with van der Waals surface area (Å²) in [4.78, 5) is 13.5. The third kappa shape index (κ3) is 2.56. The lowest BCUT2D eigenvalue weighted by molar-refractivity contribution is 0.100. The van der Waals surface area contributed by atoms with Gasteiger partial charge in [-0.3, -0.25) is 4.79 Å². The number of carbonyl (C=O) groups excluding carboxylic acids is 1. The number of aliphatic hydroxyl groups is 1. The van der Waals surface area contributed by atoms with Crippen molar-refractivity contribution in [2.45, 2.75) is 12.8 Å². The molecule has 1 fully saturated rings. The van der Waals surface area contributed by atoms with Crippen LogP contribution >= 0.6 is 0 Å². The Bertz CT molecular complexity index is 440. The maximum atomic E-state index is 11.4. The molecule has 0 atom stereocenters. The molecule has 5 N–H and O–H groups in total. The van der Waals surface area contributed by atoms with Gasteiger partial charge in [-0.1, -0.05) is 0 Å². The summed E-state index contributed by atoms with van der Waals surface area (Å²) in [5, 5.41) is 9.12. The molecular weight excluding hydrogens is 230 g/mol. The van der Waals surface area contributed by atoms with Crippen molar-refractivity contribution in [2.75, 3.05) is 30.3 Å². The number of hydrogen-bond donors (Lipinski definition) is 3. The van der Waals surface area contributed by atoms with E-state index in [4.69, 9.17) is 16.6 Å². The lowest BCUT2D eigenvalue weighted by Gasteiger charge is -2.33. The summed E-state index contributed by atoms with van der Waals surface area (Å²) in [6, 6.07) is 5.15. The van der Waals surface area contributed by atoms with Crippen LogP contribution in [0.15, 0.2) is 18.2 Å². The molecule has 0 unspecified atom stereocenters. The van der Waals surface area contributed by atoms with Crippen LogP contribution in [0.5, 0.6) is 0 Å². The first-order valence-electron chi connectivity index (χ1n) is 6.17. The first-order valence-corrected chi connectivity index (χ1v) is 6.17. The van der Waals surface area contributed by atoms with Crippen molar-refractivity contribution < 1.29 is 9.90 Å². The highest BCUT2D eigenvalue weighted by Gasteiger charge is 2.21. The van der Waals surface area contributed by atoms with E-state index in [0.717, 1.165) is 31.6 Å². The number of piperidine rings is 1. The second-order valence-electron chi connectivity index (χ2n) is 4.75. The molecule has 1 aliphatic rings. The monoisotopic (exact) mass is 249 g/mol. The second-order valence-corrected chi connectivity index (χ2v) is 4.75. The average molecular weight is 249 g/mol. The predicted molar refractivity (Wildman–Crippen MR) is 71.4 cm³/mol. The highest BCUT2D eigenvalue weighted by atomic mass is 16.3. The van der Waals surface area contributed by atoms with Gasteiger partial charge in [0.2, 0.25) is 0 Å². The van der Waals surface area contributed by atoms with Gasteiger partial charge in [0.15, 0.2) is 0 Å². The van der Waals surface area contributed by atoms with Gasteiger partial charge in [0.25, 0.3) is 5.91 Å². The molecule has 1 saturated heterocycles. The van der Waals surface area contributed by atoms with Gasteiger partial charge in [0, 0.05) is 25.4 Å². The Hall–Kier alpha value is -1.75. The zero-order valence-electron chi connectivity index (χ0n) is 10.3. The van der Waals surface area contributed by atoms with Gasteiger partial charge in [-0.05, 0) is 37.0 Å². The minimum atomic E-state index is -0.436. The molecule has 1 heterocycles. The molecule has 1 aromatic rings. The Balaban J connectivity index is 2.22. The molecule has 5 nitrogen and oxygen atoms in total. The third-order valence-corrected chi connectivity index (χ3v) is 3.50. The lowest BCUT2D eigenvalue weighted by Crippen LogP contribution is -2.36. The number of nitrogens with two attached hydrogens (primary N) is 2. The molecule has 5 heteroatoms. The van der Waals surface area contributed by atoms with Crippen LogP contribution in [0.3, 0.4) is 0 Å². The number of anilines is 2. The van der Waals surface area contributed by atoms with Crippen molar-refractivity contribution in [3.63, 3.8) is 0 Å². The molecular formula is C13H19N3O2. The van der Waals surface area contributed by atoms with Gasteiger partial charge in [0.05, 0.1) is 11.3 Å². The molecule has 98 valence electrons. The number of nitrogens with zero attached hydrogens (tertiary/aromatic N) is 1. The zero-order valence-corrected chi connectivity index (χ0v) is 10.3. The van der Waals surface area contributed by atoms with E-state index in [9.17, 15) is 4.79 Å². The topological polar surface area (TPSA) is 92.6 Å². The number of amides is 1. The summed E-state index contributed by atoms with van der Waals surface area (Å²) in [5.41, 5.74) is 13.1. The predicted octanol–water partition coefficient (Wildman–Crippen LogP) is 0.576. The third-order valence-electron chi connectivity index (χ3n) is 3.50. The molecule has 0 bridgehead atoms. The smallest absolute Gasteiger partial charge is 0.250 e. The molecule has 2 rings (SSSR count). The first kappa shape index (κ1) is 12.7. The maximum absolute atomic E-state index is 11.4. The minimum absolute atomic E-state index is 0.230. The quantitative estimate of drug-likeness (QED) is 0.683. The number of primary amides is 1. The summed E-state index contributed by atoms with van der Waals surface area (Å²) >= 11 is 0. The van der Waals surface area contributed by atoms with Crippen molar-refractivity contribution in [2.24, 2.45) is 11.7 Å². The van der Waals surface area contributed by atoms with Crippen LogP contribution in [0.25, 0.3) is 0 Å². The maximum Gasteiger partial charge on any atom is 0.250 e. The number of aliphatic hydroxyl groups excluding tert-OH is 1. The molecule has 0 saturated carbocycles. The molecule has 1 amide bonds. The average Bonchev–Trinajstić information content (AvgIpc) is 2.38. The summed E-state index contributed by atoms with van der Waals surface area (Å²) in [6.07, 6.45) is 1.84. The van der Waals surface area contributed by atoms with Gasteiger partial charge < -0.3 is 21.5 Å². The molecule has 18 heavy (non-hydrogen) atoms. The molecule has 0 radical (unpaired) electrons. The highest BCUT2D eigenvalue weighted by molar-refractivity contribution is 5.99. The fraction of sp³-hybridized carbons (Fsp3) is 0.462. The van der Waals surface area contributed by atoms with Crippen molar-refractivity contribution in [1.82, 2.24) is 0 Å². The van der Waals surface area contributed by atoms with Crippen molar-refractivity contribution >= 4 is 17.3 Å². The molecule has 1 aliphatic heterocycles. The first-order chi connectivity index (χ1) is 8.61. The van der Waals surface area contributed by atoms with E-state index in [-0.39, 0.29) is 6.61 Å². The summed E-state index contributed by atoms with van der Waals surface area (Å²) in [6.45, 7) is 1.86. The normalized spacial score (nSPS) is 16.8. The number of carbonyl (C=O) groups is 1. The largest absolute Gasteiger partial charge is 0.399 e. The highest BCUT2D eigenvalue weighted by Crippen LogP contribution is 2.28. The Morgan fingerprint density at radius 1 is 1.39 bits per heavy atom. The molecule has 0 aromatic heterocycles. The van der Waals surface area contributed by atoms with Crippen LogP contribution in [0.2, 0.25) is 0 Å². The Kier molecular flexibility index (Phi) is 3.72. The van der Waals surface area contributed by atoms with Crippen LogP contribution in [0, 0.1) is 5.92 Å². The van der Waals surface area contributed by atoms with E-state index < -0.39 is 5.91 Å². The van der Waals surface area contributed by atoms with E-state index in [1.165, 1.54) is 0 Å². The number of rotatable bonds is 3. The number of nitrogen functional groups attached to an aromatic ring is 1. The van der Waals surface area contributed by atoms with E-state index >= 15 is 0 Å². The van der Waals surface area contributed by atoms with Crippen LogP contribution < -0.4 is 16.4 Å². The molecule has 0 spiro atoms. The molecule has 0 aliphatic carbocycles. The Labute approximate surface area is 106 Å². The van der Waals surface area contributed by atoms with Gasteiger partial charge in [-0.2, -0.15) is 0 Å². The van der Waals surface area contributed by atoms with Crippen LogP contribution in [-0.4, -0.2) is 30.7 Å². The van der Waals surface area contributed by atoms with Crippen LogP contribution in [0.1, 0.15) is 23.2 Å². The minimum Gasteiger partial charge on any atom is -0.399 e. The van der Waals surface area contributed by atoms with Crippen molar-refractivity contribution in [3.05, 3.63) is 23.8 Å². The van der Waals surface area contributed by atoms with E-state index in [1.54, 1.807) is 18.2 Å². The van der Waals surface area contributed by atoms with Crippen LogP contribution in [0.4, 0.5) is 11.4 Å². The van der Waals surface area contributed by atoms with Crippen LogP contribution in [-0.2, 0) is 0 Å². The zero-order chi connectivity index (χ0) is 13.1. The second kappa shape index (κ2) is 5.27. The number of hydrogen-bond acceptors (Lipinski definition) is 4. The van der Waals surface area contributed by atoms with Gasteiger partial charge >= 0.3 is 0 Å². The van der Waals surface area contributed by atoms with Gasteiger partial charge in [-0.25, -0.2) is 0 Å². The molecule has 1 aromatic carbocycles. The number of benzene rings is 1. The van der Waals surface area contributed by atoms with Crippen molar-refractivity contribution in [3.8, 4) is 0 Å². The fourth-order valence-corrected chi connectivity index (χ4v) is 2.38. The summed E-state index contributed by atoms with van der Waals surface area (Å²) < 4.78 is 0. The van der Waals surface area contributed by atoms with Crippen molar-refractivity contribution in [1.29, 1.82) is 0 Å². The lowest BCUT2D eigenvalue weighted by atomic mass is 9.96. The Morgan fingerprint density at radius 2 is 2.06 bits per heavy atom. The SMILES string of the molecule is NC(=O)c1ccc(N)cc1N1CCC(CO)CC1. The summed E-state index contributed by atoms with van der Waals surface area (Å²) in [5.74, 6) is -0.0754. The van der Waals surface area contributed by atoms with E-state index in [1.807, 2.05) is 0 Å². The van der Waals surface area contributed by atoms with E-state index in [0.29, 0.717) is 17.2 Å². The standard InChI is InChI=1S/C13H19N3O2/c14-10-1-2-11(13(15)18)12(7-10)16-5-3-9(8-17)4-6-16/h1-2,7,9,17H,3-6,8,14H2,(H2,15,18). The summed E-state index contributed by atoms with van der Waals surface area (Å²) in [7, 11) is 0. The van der Waals surface area contributed by atoms with Gasteiger partial charge in [0.1, 0.15) is 0 Å². The Morgan fingerprint density at radius 3 is 2.61 bits per heavy atom. The van der Waals surface area contributed by atoms with Gasteiger partial charge in [-0.15, -0.1) is 0 Å².